The molecule has 0 radical (unpaired) electrons. The molecule has 1 atom stereocenters. The molecule has 0 aliphatic carbocycles. The van der Waals surface area contributed by atoms with E-state index >= 15 is 0 Å². The topological polar surface area (TPSA) is 67.4 Å². The number of amides is 2. The quantitative estimate of drug-likeness (QED) is 0.759. The van der Waals surface area contributed by atoms with Crippen LogP contribution in [0.15, 0.2) is 48.5 Å². The first-order valence-corrected chi connectivity index (χ1v) is 8.33. The molecule has 0 aliphatic heterocycles. The fourth-order valence-electron chi connectivity index (χ4n) is 2.30. The van der Waals surface area contributed by atoms with Gasteiger partial charge < -0.3 is 15.4 Å². The van der Waals surface area contributed by atoms with E-state index in [4.69, 9.17) is 16.3 Å². The number of carbonyl (C=O) groups excluding carboxylic acids is 2. The average Bonchev–Trinajstić information content (AvgIpc) is 2.65. The third kappa shape index (κ3) is 5.28. The Kier molecular flexibility index (Phi) is 6.71. The molecule has 0 unspecified atom stereocenters. The largest absolute Gasteiger partial charge is 0.372 e. The molecule has 0 aliphatic rings. The van der Waals surface area contributed by atoms with E-state index in [1.807, 2.05) is 6.07 Å². The van der Waals surface area contributed by atoms with Crippen molar-refractivity contribution in [1.29, 1.82) is 0 Å². The zero-order chi connectivity index (χ0) is 19.2. The van der Waals surface area contributed by atoms with Crippen molar-refractivity contribution in [3.05, 3.63) is 70.5 Å². The van der Waals surface area contributed by atoms with Crippen LogP contribution in [0.4, 0.5) is 4.39 Å². The molecule has 2 rings (SSSR count). The maximum atomic E-state index is 12.9. The van der Waals surface area contributed by atoms with Gasteiger partial charge in [0.1, 0.15) is 11.4 Å². The molecule has 0 saturated heterocycles. The van der Waals surface area contributed by atoms with Crippen LogP contribution in [0, 0.1) is 5.82 Å². The highest BCUT2D eigenvalue weighted by Crippen LogP contribution is 2.26. The van der Waals surface area contributed by atoms with E-state index < -0.39 is 17.4 Å². The maximum absolute atomic E-state index is 12.9. The number of methoxy groups -OCH3 is 1. The van der Waals surface area contributed by atoms with Crippen LogP contribution in [0.1, 0.15) is 18.1 Å². The number of hydrogen-bond acceptors (Lipinski definition) is 3. The molecule has 26 heavy (non-hydrogen) atoms. The summed E-state index contributed by atoms with van der Waals surface area (Å²) in [5.74, 6) is -1.92. The highest BCUT2D eigenvalue weighted by Gasteiger charge is 2.28. The van der Waals surface area contributed by atoms with Crippen molar-refractivity contribution >= 4 is 23.4 Å². The number of benzene rings is 2. The molecule has 2 N–H and O–H groups in total. The van der Waals surface area contributed by atoms with Gasteiger partial charge in [0.2, 0.25) is 0 Å². The van der Waals surface area contributed by atoms with Crippen molar-refractivity contribution < 1.29 is 18.7 Å². The normalized spacial score (nSPS) is 12.9. The zero-order valence-electron chi connectivity index (χ0n) is 14.5. The summed E-state index contributed by atoms with van der Waals surface area (Å²) in [7, 11) is 1.52. The number of hydrogen-bond donors (Lipinski definition) is 2. The highest BCUT2D eigenvalue weighted by atomic mass is 35.5. The Morgan fingerprint density at radius 2 is 1.77 bits per heavy atom. The lowest BCUT2D eigenvalue weighted by Gasteiger charge is -2.29. The van der Waals surface area contributed by atoms with Crippen LogP contribution in [-0.2, 0) is 26.5 Å². The van der Waals surface area contributed by atoms with Gasteiger partial charge >= 0.3 is 11.8 Å². The minimum atomic E-state index is -0.836. The number of nitrogens with one attached hydrogen (secondary N) is 2. The Hall–Kier alpha value is -2.44. The summed E-state index contributed by atoms with van der Waals surface area (Å²) in [4.78, 5) is 23.9. The molecule has 0 bridgehead atoms. The zero-order valence-corrected chi connectivity index (χ0v) is 15.3. The van der Waals surface area contributed by atoms with E-state index in [1.54, 1.807) is 25.1 Å². The summed E-state index contributed by atoms with van der Waals surface area (Å²) in [5, 5.41) is 5.59. The molecular weight excluding hydrogens is 359 g/mol. The number of rotatable bonds is 6. The molecule has 2 amide bonds. The second-order valence-corrected chi connectivity index (χ2v) is 6.37. The Morgan fingerprint density at radius 3 is 2.38 bits per heavy atom. The van der Waals surface area contributed by atoms with Crippen molar-refractivity contribution in [3.8, 4) is 0 Å². The molecule has 7 heteroatoms. The Morgan fingerprint density at radius 1 is 1.12 bits per heavy atom. The first-order chi connectivity index (χ1) is 12.3. The van der Waals surface area contributed by atoms with Gasteiger partial charge in [0.15, 0.2) is 0 Å². The van der Waals surface area contributed by atoms with Crippen molar-refractivity contribution in [1.82, 2.24) is 10.6 Å². The van der Waals surface area contributed by atoms with Crippen LogP contribution in [0.25, 0.3) is 0 Å². The molecule has 2 aromatic carbocycles. The summed E-state index contributed by atoms with van der Waals surface area (Å²) in [6.45, 7) is 2.00. The van der Waals surface area contributed by atoms with Crippen LogP contribution >= 0.6 is 11.6 Å². The van der Waals surface area contributed by atoms with Gasteiger partial charge in [-0.25, -0.2) is 4.39 Å². The summed E-state index contributed by atoms with van der Waals surface area (Å²) < 4.78 is 18.4. The van der Waals surface area contributed by atoms with E-state index in [0.29, 0.717) is 10.6 Å². The lowest BCUT2D eigenvalue weighted by Crippen LogP contribution is -2.45. The number of carbonyl (C=O) groups is 2. The minimum absolute atomic E-state index is 0.0899. The molecular formula is C19H20ClFN2O3. The third-order valence-electron chi connectivity index (χ3n) is 4.04. The van der Waals surface area contributed by atoms with E-state index in [0.717, 1.165) is 5.56 Å². The molecule has 0 aromatic heterocycles. The van der Waals surface area contributed by atoms with Gasteiger partial charge in [0.05, 0.1) is 6.54 Å². The summed E-state index contributed by atoms with van der Waals surface area (Å²) in [6.07, 6.45) is 0. The van der Waals surface area contributed by atoms with Crippen LogP contribution in [-0.4, -0.2) is 25.5 Å². The predicted molar refractivity (Wildman–Crippen MR) is 97.1 cm³/mol. The number of halogens is 2. The molecule has 5 nitrogen and oxygen atoms in total. The summed E-state index contributed by atoms with van der Waals surface area (Å²) in [6, 6.07) is 12.7. The van der Waals surface area contributed by atoms with E-state index in [1.165, 1.54) is 31.4 Å². The van der Waals surface area contributed by atoms with Gasteiger partial charge in [-0.15, -0.1) is 0 Å². The second kappa shape index (κ2) is 8.78. The van der Waals surface area contributed by atoms with Crippen LogP contribution < -0.4 is 10.6 Å². The lowest BCUT2D eigenvalue weighted by molar-refractivity contribution is -0.140. The minimum Gasteiger partial charge on any atom is -0.372 e. The SMILES string of the molecule is CO[C@@](C)(CNC(=O)C(=O)NCc1ccc(F)cc1)c1cccc(Cl)c1. The molecule has 0 spiro atoms. The van der Waals surface area contributed by atoms with Crippen molar-refractivity contribution in [2.45, 2.75) is 19.1 Å². The maximum Gasteiger partial charge on any atom is 0.309 e. The van der Waals surface area contributed by atoms with Crippen molar-refractivity contribution in [2.75, 3.05) is 13.7 Å². The second-order valence-electron chi connectivity index (χ2n) is 5.94. The highest BCUT2D eigenvalue weighted by molar-refractivity contribution is 6.35. The summed E-state index contributed by atoms with van der Waals surface area (Å²) >= 11 is 6.00. The Balaban J connectivity index is 1.91. The third-order valence-corrected chi connectivity index (χ3v) is 4.28. The molecule has 0 saturated carbocycles. The van der Waals surface area contributed by atoms with Gasteiger partial charge in [0.25, 0.3) is 0 Å². The average molecular weight is 379 g/mol. The van der Waals surface area contributed by atoms with Gasteiger partial charge in [-0.2, -0.15) is 0 Å². The first kappa shape index (κ1) is 19.9. The fraction of sp³-hybridized carbons (Fsp3) is 0.263. The van der Waals surface area contributed by atoms with Gasteiger partial charge in [0, 0.05) is 18.7 Å². The van der Waals surface area contributed by atoms with Gasteiger partial charge in [-0.3, -0.25) is 9.59 Å². The van der Waals surface area contributed by atoms with E-state index in [-0.39, 0.29) is 18.9 Å². The van der Waals surface area contributed by atoms with Crippen molar-refractivity contribution in [3.63, 3.8) is 0 Å². The smallest absolute Gasteiger partial charge is 0.309 e. The molecule has 0 heterocycles. The standard InChI is InChI=1S/C19H20ClFN2O3/c1-19(26-2,14-4-3-5-15(20)10-14)12-23-18(25)17(24)22-11-13-6-8-16(21)9-7-13/h3-10H,11-12H2,1-2H3,(H,22,24)(H,23,25)/t19-/m0/s1. The molecule has 0 fully saturated rings. The van der Waals surface area contributed by atoms with Crippen LogP contribution in [0.2, 0.25) is 5.02 Å². The Bertz CT molecular complexity index is 783. The summed E-state index contributed by atoms with van der Waals surface area (Å²) in [5.41, 5.74) is 0.630. The van der Waals surface area contributed by atoms with Crippen LogP contribution in [0.5, 0.6) is 0 Å². The van der Waals surface area contributed by atoms with Crippen molar-refractivity contribution in [2.24, 2.45) is 0 Å². The Labute approximate surface area is 156 Å². The van der Waals surface area contributed by atoms with Crippen LogP contribution in [0.3, 0.4) is 0 Å². The van der Waals surface area contributed by atoms with Gasteiger partial charge in [-0.1, -0.05) is 35.9 Å². The van der Waals surface area contributed by atoms with E-state index in [9.17, 15) is 14.0 Å². The number of ether oxygens (including phenoxy) is 1. The molecule has 2 aromatic rings. The fourth-order valence-corrected chi connectivity index (χ4v) is 2.49. The molecule has 138 valence electrons. The predicted octanol–water partition coefficient (Wildman–Crippen LogP) is 2.77. The monoisotopic (exact) mass is 378 g/mol. The van der Waals surface area contributed by atoms with Gasteiger partial charge in [-0.05, 0) is 42.3 Å². The lowest BCUT2D eigenvalue weighted by atomic mass is 9.95. The van der Waals surface area contributed by atoms with E-state index in [2.05, 4.69) is 10.6 Å². The first-order valence-electron chi connectivity index (χ1n) is 7.96.